The van der Waals surface area contributed by atoms with Crippen molar-refractivity contribution in [2.75, 3.05) is 0 Å². The molecule has 1 aliphatic rings. The Morgan fingerprint density at radius 1 is 1.07 bits per heavy atom. The van der Waals surface area contributed by atoms with Crippen molar-refractivity contribution in [2.45, 2.75) is 24.8 Å². The molecule has 1 fully saturated rings. The molecule has 30 heavy (non-hydrogen) atoms. The molecule has 0 spiro atoms. The standard InChI is InChI=1S/C21H17FN6OS/c22-15-5-1-2-7-17(15)28-18(26-27-19(28)21-24-9-10-30-21)13-11-14(12-13)25-20(29)16-6-3-4-8-23-16/h1-10,13-14H,11-12H2,(H,25,29). The molecule has 3 aromatic heterocycles. The summed E-state index contributed by atoms with van der Waals surface area (Å²) in [6.45, 7) is 0. The summed E-state index contributed by atoms with van der Waals surface area (Å²) in [5.74, 6) is 0.702. The quantitative estimate of drug-likeness (QED) is 0.533. The van der Waals surface area contributed by atoms with Gasteiger partial charge in [0.1, 0.15) is 17.3 Å². The largest absolute Gasteiger partial charge is 0.348 e. The zero-order chi connectivity index (χ0) is 20.5. The molecule has 1 aromatic carbocycles. The molecule has 1 aliphatic carbocycles. The van der Waals surface area contributed by atoms with Crippen molar-refractivity contribution < 1.29 is 9.18 Å². The lowest BCUT2D eigenvalue weighted by Crippen LogP contribution is -2.44. The summed E-state index contributed by atoms with van der Waals surface area (Å²) >= 11 is 1.43. The van der Waals surface area contributed by atoms with Crippen LogP contribution >= 0.6 is 11.3 Å². The van der Waals surface area contributed by atoms with Crippen LogP contribution in [0.25, 0.3) is 16.5 Å². The molecular weight excluding hydrogens is 403 g/mol. The van der Waals surface area contributed by atoms with Crippen LogP contribution in [0.2, 0.25) is 0 Å². The van der Waals surface area contributed by atoms with E-state index >= 15 is 0 Å². The average Bonchev–Trinajstić information content (AvgIpc) is 3.41. The molecule has 7 nitrogen and oxygen atoms in total. The van der Waals surface area contributed by atoms with Crippen molar-refractivity contribution in [3.8, 4) is 16.5 Å². The van der Waals surface area contributed by atoms with Crippen LogP contribution in [0.4, 0.5) is 4.39 Å². The zero-order valence-corrected chi connectivity index (χ0v) is 16.6. The predicted octanol–water partition coefficient (Wildman–Crippen LogP) is 3.60. The van der Waals surface area contributed by atoms with E-state index in [9.17, 15) is 9.18 Å². The van der Waals surface area contributed by atoms with Crippen molar-refractivity contribution in [2.24, 2.45) is 0 Å². The monoisotopic (exact) mass is 420 g/mol. The van der Waals surface area contributed by atoms with Crippen LogP contribution in [-0.2, 0) is 0 Å². The minimum Gasteiger partial charge on any atom is -0.348 e. The van der Waals surface area contributed by atoms with Gasteiger partial charge in [0.15, 0.2) is 10.8 Å². The number of carbonyl (C=O) groups excluding carboxylic acids is 1. The predicted molar refractivity (Wildman–Crippen MR) is 110 cm³/mol. The number of thiazole rings is 1. The topological polar surface area (TPSA) is 85.6 Å². The lowest BCUT2D eigenvalue weighted by Gasteiger charge is -2.35. The van der Waals surface area contributed by atoms with Crippen molar-refractivity contribution in [1.82, 2.24) is 30.0 Å². The number of amides is 1. The third-order valence-corrected chi connectivity index (χ3v) is 5.91. The molecule has 0 radical (unpaired) electrons. The first-order valence-corrected chi connectivity index (χ1v) is 10.4. The summed E-state index contributed by atoms with van der Waals surface area (Å²) in [7, 11) is 0. The van der Waals surface area contributed by atoms with Crippen LogP contribution in [-0.4, -0.2) is 36.7 Å². The van der Waals surface area contributed by atoms with Gasteiger partial charge >= 0.3 is 0 Å². The van der Waals surface area contributed by atoms with Gasteiger partial charge in [-0.3, -0.25) is 14.3 Å². The summed E-state index contributed by atoms with van der Waals surface area (Å²) in [5.41, 5.74) is 0.783. The van der Waals surface area contributed by atoms with Gasteiger partial charge in [-0.2, -0.15) is 0 Å². The minimum absolute atomic E-state index is 0.0126. The van der Waals surface area contributed by atoms with E-state index in [4.69, 9.17) is 0 Å². The molecule has 4 aromatic rings. The fourth-order valence-electron chi connectivity index (χ4n) is 3.61. The Morgan fingerprint density at radius 2 is 1.90 bits per heavy atom. The molecule has 9 heteroatoms. The normalized spacial score (nSPS) is 18.0. The van der Waals surface area contributed by atoms with Gasteiger partial charge in [-0.25, -0.2) is 9.37 Å². The number of carbonyl (C=O) groups is 1. The summed E-state index contributed by atoms with van der Waals surface area (Å²) in [6.07, 6.45) is 4.67. The minimum atomic E-state index is -0.351. The molecule has 1 N–H and O–H groups in total. The third-order valence-electron chi connectivity index (χ3n) is 5.14. The highest BCUT2D eigenvalue weighted by Gasteiger charge is 2.36. The second-order valence-corrected chi connectivity index (χ2v) is 7.95. The van der Waals surface area contributed by atoms with Crippen LogP contribution < -0.4 is 5.32 Å². The zero-order valence-electron chi connectivity index (χ0n) is 15.8. The van der Waals surface area contributed by atoms with E-state index in [1.165, 1.54) is 17.4 Å². The average molecular weight is 420 g/mol. The van der Waals surface area contributed by atoms with E-state index in [1.807, 2.05) is 5.38 Å². The Kier molecular flexibility index (Phi) is 4.80. The maximum absolute atomic E-state index is 14.6. The van der Waals surface area contributed by atoms with Crippen LogP contribution in [0.1, 0.15) is 35.1 Å². The number of pyridine rings is 1. The van der Waals surface area contributed by atoms with Gasteiger partial charge < -0.3 is 5.32 Å². The number of rotatable bonds is 5. The van der Waals surface area contributed by atoms with E-state index < -0.39 is 0 Å². The van der Waals surface area contributed by atoms with Crippen molar-refractivity contribution in [1.29, 1.82) is 0 Å². The second kappa shape index (κ2) is 7.75. The first-order valence-electron chi connectivity index (χ1n) is 9.52. The lowest BCUT2D eigenvalue weighted by atomic mass is 9.79. The molecule has 1 saturated carbocycles. The number of nitrogens with zero attached hydrogens (tertiary/aromatic N) is 5. The fourth-order valence-corrected chi connectivity index (χ4v) is 4.22. The van der Waals surface area contributed by atoms with Crippen LogP contribution in [0, 0.1) is 5.82 Å². The van der Waals surface area contributed by atoms with Crippen LogP contribution in [0.5, 0.6) is 0 Å². The summed E-state index contributed by atoms with van der Waals surface area (Å²) in [5, 5.41) is 14.2. The molecule has 1 amide bonds. The Bertz CT molecular complexity index is 1170. The van der Waals surface area contributed by atoms with Crippen LogP contribution in [0.3, 0.4) is 0 Å². The number of benzene rings is 1. The highest BCUT2D eigenvalue weighted by Crippen LogP contribution is 2.39. The SMILES string of the molecule is O=C(NC1CC(c2nnc(-c3nccs3)n2-c2ccccc2F)C1)c1ccccn1. The number of hydrogen-bond acceptors (Lipinski definition) is 6. The first kappa shape index (κ1) is 18.6. The summed E-state index contributed by atoms with van der Waals surface area (Å²) in [4.78, 5) is 20.7. The molecule has 3 heterocycles. The molecule has 0 saturated heterocycles. The smallest absolute Gasteiger partial charge is 0.270 e. The number of nitrogens with one attached hydrogen (secondary N) is 1. The van der Waals surface area contributed by atoms with E-state index in [0.717, 1.165) is 0 Å². The second-order valence-electron chi connectivity index (χ2n) is 7.06. The molecule has 0 bridgehead atoms. The van der Waals surface area contributed by atoms with E-state index in [0.29, 0.717) is 40.9 Å². The summed E-state index contributed by atoms with van der Waals surface area (Å²) < 4.78 is 16.4. The van der Waals surface area contributed by atoms with Gasteiger partial charge in [-0.05, 0) is 37.1 Å². The number of halogens is 1. The van der Waals surface area contributed by atoms with Crippen LogP contribution in [0.15, 0.2) is 60.2 Å². The Balaban J connectivity index is 1.40. The molecule has 0 atom stereocenters. The highest BCUT2D eigenvalue weighted by atomic mass is 32.1. The molecule has 0 unspecified atom stereocenters. The fraction of sp³-hybridized carbons (Fsp3) is 0.190. The lowest BCUT2D eigenvalue weighted by molar-refractivity contribution is 0.0902. The molecule has 150 valence electrons. The van der Waals surface area contributed by atoms with Crippen molar-refractivity contribution in [3.05, 3.63) is 77.6 Å². The maximum atomic E-state index is 14.6. The Labute approximate surface area is 175 Å². The Morgan fingerprint density at radius 3 is 2.63 bits per heavy atom. The first-order chi connectivity index (χ1) is 14.7. The molecule has 0 aliphatic heterocycles. The van der Waals surface area contributed by atoms with Crippen molar-refractivity contribution in [3.63, 3.8) is 0 Å². The van der Waals surface area contributed by atoms with Gasteiger partial charge in [-0.1, -0.05) is 18.2 Å². The van der Waals surface area contributed by atoms with Crippen molar-refractivity contribution >= 4 is 17.2 Å². The van der Waals surface area contributed by atoms with Gasteiger partial charge in [0, 0.05) is 29.7 Å². The third kappa shape index (κ3) is 3.37. The van der Waals surface area contributed by atoms with Gasteiger partial charge in [0.25, 0.3) is 5.91 Å². The number of aromatic nitrogens is 5. The summed E-state index contributed by atoms with van der Waals surface area (Å²) in [6, 6.07) is 11.8. The highest BCUT2D eigenvalue weighted by molar-refractivity contribution is 7.13. The molecular formula is C21H17FN6OS. The van der Waals surface area contributed by atoms with E-state index in [1.54, 1.807) is 53.4 Å². The Hall–Kier alpha value is -3.46. The van der Waals surface area contributed by atoms with Gasteiger partial charge in [0.05, 0.1) is 5.69 Å². The number of hydrogen-bond donors (Lipinski definition) is 1. The molecule has 5 rings (SSSR count). The maximum Gasteiger partial charge on any atom is 0.270 e. The van der Waals surface area contributed by atoms with Gasteiger partial charge in [-0.15, -0.1) is 21.5 Å². The van der Waals surface area contributed by atoms with E-state index in [2.05, 4.69) is 25.5 Å². The number of para-hydroxylation sites is 1. The van der Waals surface area contributed by atoms with Gasteiger partial charge in [0.2, 0.25) is 0 Å². The van der Waals surface area contributed by atoms with E-state index in [-0.39, 0.29) is 23.7 Å².